The summed E-state index contributed by atoms with van der Waals surface area (Å²) in [6, 6.07) is 42.2. The second-order valence-corrected chi connectivity index (χ2v) is 18.6. The lowest BCUT2D eigenvalue weighted by Crippen LogP contribution is -2.47. The predicted molar refractivity (Wildman–Crippen MR) is 313 cm³/mol. The fourth-order valence-corrected chi connectivity index (χ4v) is 10.4. The first kappa shape index (κ1) is 52.5. The molecule has 0 aliphatic carbocycles. The minimum Gasteiger partial charge on any atom is -0.493 e. The van der Waals surface area contributed by atoms with Crippen molar-refractivity contribution in [2.45, 2.75) is 40.2 Å². The topological polar surface area (TPSA) is 160 Å². The number of hydrogen-bond donors (Lipinski definition) is 2. The van der Waals surface area contributed by atoms with Gasteiger partial charge < -0.3 is 53.6 Å². The molecule has 3 aromatic heterocycles. The van der Waals surface area contributed by atoms with E-state index in [2.05, 4.69) is 78.4 Å². The first-order valence-corrected chi connectivity index (χ1v) is 26.7. The quantitative estimate of drug-likeness (QED) is 0.112. The van der Waals surface area contributed by atoms with Crippen LogP contribution >= 0.6 is 0 Å². The Bertz CT molecular complexity index is 3650. The van der Waals surface area contributed by atoms with Crippen LogP contribution in [0, 0.1) is 0 Å². The molecule has 3 aliphatic rings. The van der Waals surface area contributed by atoms with E-state index in [0.29, 0.717) is 49.4 Å². The fraction of sp³-hybridized carbons (Fsp3) is 0.295. The Hall–Kier alpha value is -8.99. The number of piperazine rings is 1. The third-order valence-corrected chi connectivity index (χ3v) is 14.2. The summed E-state index contributed by atoms with van der Waals surface area (Å²) in [6.45, 7) is 13.1. The summed E-state index contributed by atoms with van der Waals surface area (Å²) in [5.74, 6) is 6.88. The number of hydrogen-bond acceptors (Lipinski definition) is 15. The molecule has 2 N–H and O–H groups in total. The number of methoxy groups -OCH3 is 4. The average Bonchev–Trinajstić information content (AvgIpc) is 3.84. The summed E-state index contributed by atoms with van der Waals surface area (Å²) in [4.78, 5) is 44.7. The normalized spacial score (nSPS) is 14.2. The van der Waals surface area contributed by atoms with Gasteiger partial charge in [-0.1, -0.05) is 62.4 Å². The van der Waals surface area contributed by atoms with Gasteiger partial charge in [0, 0.05) is 87.0 Å². The molecule has 3 aliphatic heterocycles. The van der Waals surface area contributed by atoms with E-state index in [4.69, 9.17) is 43.6 Å². The molecule has 0 bridgehead atoms. The molecule has 17 heteroatoms. The van der Waals surface area contributed by atoms with Gasteiger partial charge in [0.15, 0.2) is 23.0 Å². The first-order chi connectivity index (χ1) is 38.3. The van der Waals surface area contributed by atoms with Gasteiger partial charge in [0.25, 0.3) is 0 Å². The highest BCUT2D eigenvalue weighted by Gasteiger charge is 2.27. The molecule has 6 aromatic carbocycles. The van der Waals surface area contributed by atoms with Crippen molar-refractivity contribution in [2.24, 2.45) is 0 Å². The van der Waals surface area contributed by atoms with Gasteiger partial charge in [0.2, 0.25) is 11.9 Å². The maximum atomic E-state index is 12.6. The van der Waals surface area contributed by atoms with Gasteiger partial charge in [-0.05, 0) is 103 Å². The number of nitrogens with one attached hydrogen (secondary N) is 2. The molecule has 0 spiro atoms. The molecule has 0 amide bonds. The van der Waals surface area contributed by atoms with E-state index in [0.717, 1.165) is 125 Å². The van der Waals surface area contributed by atoms with E-state index >= 15 is 0 Å². The number of ether oxygens (including phenoxy) is 5. The molecular formula is C61H67N11O6. The summed E-state index contributed by atoms with van der Waals surface area (Å²) >= 11 is 0. The second kappa shape index (κ2) is 23.9. The molecule has 0 atom stereocenters. The Balaban J connectivity index is 0.000000171. The predicted octanol–water partition coefficient (Wildman–Crippen LogP) is 10.7. The number of H-pyrrole nitrogens is 1. The SMILES string of the molecule is CC.CCOc1ccccc1N1CCN(c2nc(N3CCc4cc(OC)c(OC)cc4C3)c3ccccc3n2)CC1.COc1ccc(Nc2nc(N3CC=C(n4c(=O)[nH]c5ccccc54)CC3)nc3ccccc23)cc1OC. The minimum atomic E-state index is -0.121. The zero-order valence-corrected chi connectivity index (χ0v) is 45.5. The Labute approximate surface area is 454 Å². The molecule has 12 rings (SSSR count). The second-order valence-electron chi connectivity index (χ2n) is 18.6. The molecule has 78 heavy (non-hydrogen) atoms. The summed E-state index contributed by atoms with van der Waals surface area (Å²) in [5.41, 5.74) is 8.90. The molecule has 9 aromatic rings. The lowest BCUT2D eigenvalue weighted by atomic mass is 9.98. The van der Waals surface area contributed by atoms with Crippen molar-refractivity contribution in [2.75, 3.05) is 106 Å². The molecule has 0 radical (unpaired) electrons. The van der Waals surface area contributed by atoms with Crippen molar-refractivity contribution in [3.8, 4) is 28.7 Å². The van der Waals surface area contributed by atoms with Crippen LogP contribution in [0.15, 0.2) is 138 Å². The van der Waals surface area contributed by atoms with Crippen LogP contribution in [0.2, 0.25) is 0 Å². The van der Waals surface area contributed by atoms with Gasteiger partial charge in [-0.3, -0.25) is 4.57 Å². The van der Waals surface area contributed by atoms with Crippen LogP contribution < -0.4 is 54.3 Å². The van der Waals surface area contributed by atoms with E-state index in [9.17, 15) is 4.79 Å². The Morgan fingerprint density at radius 3 is 1.90 bits per heavy atom. The molecule has 402 valence electrons. The van der Waals surface area contributed by atoms with Crippen LogP contribution in [-0.2, 0) is 13.0 Å². The number of rotatable bonds is 13. The molecule has 0 saturated carbocycles. The van der Waals surface area contributed by atoms with Crippen LogP contribution in [0.3, 0.4) is 0 Å². The number of benzene rings is 6. The van der Waals surface area contributed by atoms with Crippen LogP contribution in [0.25, 0.3) is 38.5 Å². The van der Waals surface area contributed by atoms with E-state index in [-0.39, 0.29) is 5.69 Å². The van der Waals surface area contributed by atoms with Crippen LogP contribution in [-0.4, -0.2) is 110 Å². The summed E-state index contributed by atoms with van der Waals surface area (Å²) < 4.78 is 29.6. The summed E-state index contributed by atoms with van der Waals surface area (Å²) in [6.07, 6.45) is 3.68. The smallest absolute Gasteiger partial charge is 0.330 e. The molecule has 0 unspecified atom stereocenters. The zero-order chi connectivity index (χ0) is 54.1. The lowest BCUT2D eigenvalue weighted by molar-refractivity contribution is 0.340. The van der Waals surface area contributed by atoms with Gasteiger partial charge in [0.1, 0.15) is 17.4 Å². The van der Waals surface area contributed by atoms with Gasteiger partial charge in [-0.15, -0.1) is 0 Å². The van der Waals surface area contributed by atoms with Crippen LogP contribution in [0.1, 0.15) is 38.3 Å². The van der Waals surface area contributed by atoms with E-state index in [1.807, 2.05) is 106 Å². The van der Waals surface area contributed by atoms with Gasteiger partial charge >= 0.3 is 5.69 Å². The van der Waals surface area contributed by atoms with E-state index in [1.54, 1.807) is 33.0 Å². The Kier molecular flexibility index (Phi) is 16.1. The molecule has 17 nitrogen and oxygen atoms in total. The first-order valence-electron chi connectivity index (χ1n) is 26.7. The molecule has 1 fully saturated rings. The van der Waals surface area contributed by atoms with Crippen molar-refractivity contribution in [1.82, 2.24) is 29.5 Å². The van der Waals surface area contributed by atoms with Gasteiger partial charge in [0.05, 0.1) is 62.8 Å². The van der Waals surface area contributed by atoms with Crippen LogP contribution in [0.5, 0.6) is 28.7 Å². The highest BCUT2D eigenvalue weighted by atomic mass is 16.5. The molecule has 1 saturated heterocycles. The Morgan fingerprint density at radius 2 is 1.18 bits per heavy atom. The third kappa shape index (κ3) is 10.9. The minimum absolute atomic E-state index is 0.121. The number of imidazole rings is 1. The number of nitrogens with zero attached hydrogens (tertiary/aromatic N) is 9. The summed E-state index contributed by atoms with van der Waals surface area (Å²) in [7, 11) is 6.60. The van der Waals surface area contributed by atoms with Crippen molar-refractivity contribution >= 4 is 73.4 Å². The van der Waals surface area contributed by atoms with Gasteiger partial charge in [-0.2, -0.15) is 9.97 Å². The van der Waals surface area contributed by atoms with Crippen molar-refractivity contribution < 1.29 is 23.7 Å². The largest absolute Gasteiger partial charge is 0.493 e. The summed E-state index contributed by atoms with van der Waals surface area (Å²) in [5, 5.41) is 5.43. The molecule has 6 heterocycles. The highest BCUT2D eigenvalue weighted by Crippen LogP contribution is 2.38. The van der Waals surface area contributed by atoms with Crippen molar-refractivity contribution in [1.29, 1.82) is 0 Å². The van der Waals surface area contributed by atoms with E-state index in [1.165, 1.54) is 11.1 Å². The number of aromatic nitrogens is 6. The maximum absolute atomic E-state index is 12.6. The number of fused-ring (bicyclic) bond motifs is 4. The Morgan fingerprint density at radius 1 is 0.564 bits per heavy atom. The zero-order valence-electron chi connectivity index (χ0n) is 45.5. The van der Waals surface area contributed by atoms with Crippen molar-refractivity contribution in [3.05, 3.63) is 155 Å². The van der Waals surface area contributed by atoms with Gasteiger partial charge in [-0.25, -0.2) is 14.8 Å². The third-order valence-electron chi connectivity index (χ3n) is 14.2. The average molecular weight is 1050 g/mol. The standard InChI is InChI=1S/C31H35N5O3.C28H26N6O3.C2H6/c1-4-39-27-12-8-7-11-26(27)34-15-17-35(18-16-34)31-32-25-10-6-5-9-24(25)30(33-31)36-14-13-22-19-28(37-2)29(38-3)20-23(22)21-36;1-36-24-12-11-18(17-25(24)37-2)29-26-20-7-3-4-8-21(20)30-27(32-26)33-15-13-19(14-16-33)34-23-10-6-5-9-22(23)31-28(34)35;1-2/h5-12,19-20H,4,13-18,21H2,1-3H3;3-13,17H,14-16H2,1-2H3,(H,31,35)(H,29,30,32);1-2H3. The number of aromatic amines is 1. The molecular weight excluding hydrogens is 983 g/mol. The van der Waals surface area contributed by atoms with Crippen molar-refractivity contribution in [3.63, 3.8) is 0 Å². The lowest BCUT2D eigenvalue weighted by Gasteiger charge is -2.37. The monoisotopic (exact) mass is 1050 g/mol. The number of anilines is 6. The number of para-hydroxylation sites is 6. The fourth-order valence-electron chi connectivity index (χ4n) is 10.4. The van der Waals surface area contributed by atoms with Crippen LogP contribution in [0.4, 0.5) is 34.9 Å². The van der Waals surface area contributed by atoms with E-state index < -0.39 is 0 Å². The highest BCUT2D eigenvalue weighted by molar-refractivity contribution is 5.93. The maximum Gasteiger partial charge on any atom is 0.330 e.